The molecule has 1 N–H and O–H groups in total. The van der Waals surface area contributed by atoms with Gasteiger partial charge in [0, 0.05) is 11.0 Å². The number of hydrogen-bond acceptors (Lipinski definition) is 4. The van der Waals surface area contributed by atoms with Gasteiger partial charge in [0.2, 0.25) is 0 Å². The Hall–Kier alpha value is -2.20. The van der Waals surface area contributed by atoms with Gasteiger partial charge in [-0.2, -0.15) is 11.8 Å². The maximum absolute atomic E-state index is 12.7. The number of ether oxygens (including phenoxy) is 1. The fourth-order valence-electron chi connectivity index (χ4n) is 3.74. The molecule has 29 heavy (non-hydrogen) atoms. The summed E-state index contributed by atoms with van der Waals surface area (Å²) in [5.41, 5.74) is 3.08. The van der Waals surface area contributed by atoms with Gasteiger partial charge in [0.15, 0.2) is 5.78 Å². The highest BCUT2D eigenvalue weighted by atomic mass is 32.2. The van der Waals surface area contributed by atoms with E-state index in [1.165, 1.54) is 32.1 Å². The molecule has 0 bridgehead atoms. The topological polar surface area (TPSA) is 46.5 Å². The van der Waals surface area contributed by atoms with Gasteiger partial charge >= 0.3 is 0 Å². The Morgan fingerprint density at radius 2 is 1.83 bits per heavy atom. The zero-order chi connectivity index (χ0) is 20.6. The van der Waals surface area contributed by atoms with Gasteiger partial charge in [0.05, 0.1) is 12.2 Å². The molecule has 0 atom stereocenters. The first-order valence-electron chi connectivity index (χ1n) is 10.4. The lowest BCUT2D eigenvalue weighted by molar-refractivity contribution is 0.104. The molecule has 0 spiro atoms. The van der Waals surface area contributed by atoms with Crippen LogP contribution < -0.4 is 4.74 Å². The summed E-state index contributed by atoms with van der Waals surface area (Å²) in [4.78, 5) is 12.7. The predicted molar refractivity (Wildman–Crippen MR) is 122 cm³/mol. The van der Waals surface area contributed by atoms with Gasteiger partial charge in [-0.05, 0) is 73.7 Å². The molecule has 1 fully saturated rings. The van der Waals surface area contributed by atoms with E-state index in [-0.39, 0.29) is 5.78 Å². The number of carbonyl (C=O) groups is 1. The average molecular weight is 411 g/mol. The molecule has 1 aliphatic rings. The van der Waals surface area contributed by atoms with E-state index in [2.05, 4.69) is 0 Å². The molecule has 3 rings (SSSR count). The number of ketones is 1. The van der Waals surface area contributed by atoms with Crippen molar-refractivity contribution < 1.29 is 14.6 Å². The highest BCUT2D eigenvalue weighted by Crippen LogP contribution is 2.28. The van der Waals surface area contributed by atoms with Crippen molar-refractivity contribution in [2.75, 3.05) is 12.4 Å². The van der Waals surface area contributed by atoms with E-state index >= 15 is 0 Å². The van der Waals surface area contributed by atoms with Crippen molar-refractivity contribution in [1.29, 1.82) is 0 Å². The molecule has 3 nitrogen and oxygen atoms in total. The van der Waals surface area contributed by atoms with Crippen molar-refractivity contribution in [3.63, 3.8) is 0 Å². The van der Waals surface area contributed by atoms with Crippen LogP contribution in [0.4, 0.5) is 0 Å². The molecular weight excluding hydrogens is 380 g/mol. The summed E-state index contributed by atoms with van der Waals surface area (Å²) in [5, 5.41) is 10.7. The Kier molecular flexibility index (Phi) is 7.82. The predicted octanol–water partition coefficient (Wildman–Crippen LogP) is 6.35. The number of benzene rings is 2. The molecule has 154 valence electrons. The normalized spacial score (nSPS) is 15.0. The first-order chi connectivity index (χ1) is 14.0. The smallest absolute Gasteiger partial charge is 0.189 e. The van der Waals surface area contributed by atoms with Crippen molar-refractivity contribution >= 4 is 23.6 Å². The molecular formula is C25H30O3S. The summed E-state index contributed by atoms with van der Waals surface area (Å²) >= 11 is 2.00. The highest BCUT2D eigenvalue weighted by molar-refractivity contribution is 7.99. The summed E-state index contributed by atoms with van der Waals surface area (Å²) in [6, 6.07) is 11.2. The number of aromatic hydroxyl groups is 1. The van der Waals surface area contributed by atoms with Crippen molar-refractivity contribution in [2.45, 2.75) is 51.2 Å². The number of para-hydroxylation sites is 1. The van der Waals surface area contributed by atoms with Crippen molar-refractivity contribution in [2.24, 2.45) is 0 Å². The summed E-state index contributed by atoms with van der Waals surface area (Å²) < 4.78 is 5.95. The molecule has 0 unspecified atom stereocenters. The maximum atomic E-state index is 12.7. The summed E-state index contributed by atoms with van der Waals surface area (Å²) in [5.74, 6) is 1.82. The van der Waals surface area contributed by atoms with E-state index in [1.54, 1.807) is 12.2 Å². The number of allylic oxidation sites excluding steroid dienone is 1. The zero-order valence-electron chi connectivity index (χ0n) is 17.3. The van der Waals surface area contributed by atoms with Gasteiger partial charge in [-0.15, -0.1) is 0 Å². The second kappa shape index (κ2) is 10.5. The van der Waals surface area contributed by atoms with Crippen LogP contribution in [0, 0.1) is 13.8 Å². The Labute approximate surface area is 178 Å². The quantitative estimate of drug-likeness (QED) is 0.313. The van der Waals surface area contributed by atoms with Crippen molar-refractivity contribution in [3.8, 4) is 11.5 Å². The lowest BCUT2D eigenvalue weighted by atomic mass is 10.0. The van der Waals surface area contributed by atoms with Gasteiger partial charge in [-0.25, -0.2) is 0 Å². The van der Waals surface area contributed by atoms with Crippen LogP contribution in [-0.4, -0.2) is 28.5 Å². The second-order valence-corrected chi connectivity index (χ2v) is 9.08. The van der Waals surface area contributed by atoms with Crippen LogP contribution >= 0.6 is 11.8 Å². The van der Waals surface area contributed by atoms with E-state index in [4.69, 9.17) is 4.74 Å². The fraction of sp³-hybridized carbons (Fsp3) is 0.400. The minimum atomic E-state index is -0.0797. The molecule has 0 radical (unpaired) electrons. The van der Waals surface area contributed by atoms with Crippen LogP contribution in [0.1, 0.15) is 59.2 Å². The van der Waals surface area contributed by atoms with Gasteiger partial charge in [0.1, 0.15) is 11.5 Å². The number of rotatable bonds is 8. The number of phenols is 1. The molecule has 0 amide bonds. The first-order valence-corrected chi connectivity index (χ1v) is 11.5. The maximum Gasteiger partial charge on any atom is 0.189 e. The van der Waals surface area contributed by atoms with Crippen LogP contribution in [0.15, 0.2) is 42.5 Å². The summed E-state index contributed by atoms with van der Waals surface area (Å²) in [6.07, 6.45) is 10.1. The lowest BCUT2D eigenvalue weighted by Crippen LogP contribution is -2.11. The molecule has 0 heterocycles. The monoisotopic (exact) mass is 410 g/mol. The third kappa shape index (κ3) is 6.14. The minimum absolute atomic E-state index is 0.0797. The third-order valence-corrected chi connectivity index (χ3v) is 6.68. The molecule has 2 aromatic rings. The average Bonchev–Trinajstić information content (AvgIpc) is 2.74. The van der Waals surface area contributed by atoms with Gasteiger partial charge in [-0.3, -0.25) is 4.79 Å². The van der Waals surface area contributed by atoms with E-state index in [1.807, 2.05) is 62.0 Å². The Bertz CT molecular complexity index is 843. The number of phenolic OH excluding ortho intramolecular Hbond substituents is 1. The van der Waals surface area contributed by atoms with Gasteiger partial charge < -0.3 is 9.84 Å². The van der Waals surface area contributed by atoms with E-state index in [9.17, 15) is 9.90 Å². The molecule has 0 aliphatic heterocycles. The Morgan fingerprint density at radius 3 is 2.55 bits per heavy atom. The summed E-state index contributed by atoms with van der Waals surface area (Å²) in [7, 11) is 0. The van der Waals surface area contributed by atoms with Crippen molar-refractivity contribution in [1.82, 2.24) is 0 Å². The number of hydrogen-bond donors (Lipinski definition) is 1. The Morgan fingerprint density at radius 1 is 1.14 bits per heavy atom. The Balaban J connectivity index is 1.59. The first kappa shape index (κ1) is 21.5. The van der Waals surface area contributed by atoms with E-state index in [0.29, 0.717) is 23.7 Å². The standard InChI is InChI=1S/C25H30O3S/c1-18-16-20(17-19(2)25(18)27)12-13-23(26)22-10-6-7-11-24(22)28-14-15-29-21-8-4-3-5-9-21/h6-7,10-13,16-17,21,27H,3-5,8-9,14-15H2,1-2H3. The molecule has 1 aliphatic carbocycles. The molecule has 0 saturated heterocycles. The van der Waals surface area contributed by atoms with Crippen LogP contribution in [0.25, 0.3) is 6.08 Å². The lowest BCUT2D eigenvalue weighted by Gasteiger charge is -2.21. The van der Waals surface area contributed by atoms with E-state index in [0.717, 1.165) is 27.7 Å². The largest absolute Gasteiger partial charge is 0.507 e. The van der Waals surface area contributed by atoms with Gasteiger partial charge in [-0.1, -0.05) is 37.5 Å². The SMILES string of the molecule is Cc1cc(C=CC(=O)c2ccccc2OCCSC2CCCCC2)cc(C)c1O. The minimum Gasteiger partial charge on any atom is -0.507 e. The molecule has 2 aromatic carbocycles. The second-order valence-electron chi connectivity index (χ2n) is 7.68. The van der Waals surface area contributed by atoms with Crippen LogP contribution in [0.2, 0.25) is 0 Å². The van der Waals surface area contributed by atoms with Crippen molar-refractivity contribution in [3.05, 3.63) is 64.7 Å². The molecule has 4 heteroatoms. The highest BCUT2D eigenvalue weighted by Gasteiger charge is 2.14. The molecule has 1 saturated carbocycles. The number of carbonyl (C=O) groups excluding carboxylic acids is 1. The fourth-order valence-corrected chi connectivity index (χ4v) is 4.92. The molecule has 0 aromatic heterocycles. The van der Waals surface area contributed by atoms with Crippen LogP contribution in [0.3, 0.4) is 0 Å². The van der Waals surface area contributed by atoms with Gasteiger partial charge in [0.25, 0.3) is 0 Å². The number of thioether (sulfide) groups is 1. The van der Waals surface area contributed by atoms with Crippen LogP contribution in [-0.2, 0) is 0 Å². The van der Waals surface area contributed by atoms with E-state index < -0.39 is 0 Å². The zero-order valence-corrected chi connectivity index (χ0v) is 18.1. The van der Waals surface area contributed by atoms with Crippen LogP contribution in [0.5, 0.6) is 11.5 Å². The third-order valence-electron chi connectivity index (χ3n) is 5.34. The summed E-state index contributed by atoms with van der Waals surface area (Å²) in [6.45, 7) is 4.33. The number of aryl methyl sites for hydroxylation is 2.